The summed E-state index contributed by atoms with van der Waals surface area (Å²) in [5, 5.41) is 9.19. The fourth-order valence-corrected chi connectivity index (χ4v) is 9.97. The van der Waals surface area contributed by atoms with E-state index in [-0.39, 0.29) is 65.7 Å². The smallest absolute Gasteiger partial charge is 0.407 e. The molecule has 4 amide bonds. The normalized spacial score (nSPS) is 25.6. The van der Waals surface area contributed by atoms with Crippen molar-refractivity contribution in [3.63, 3.8) is 0 Å². The number of carbonyl (C=O) groups excluding carboxylic acids is 4. The fourth-order valence-electron chi connectivity index (χ4n) is 9.97. The number of likely N-dealkylation sites (tertiary alicyclic amines) is 2. The second kappa shape index (κ2) is 17.9. The zero-order valence-electron chi connectivity index (χ0n) is 37.4. The van der Waals surface area contributed by atoms with Gasteiger partial charge in [-0.1, -0.05) is 77.9 Å². The van der Waals surface area contributed by atoms with Crippen molar-refractivity contribution in [3.05, 3.63) is 65.1 Å². The van der Waals surface area contributed by atoms with Gasteiger partial charge in [-0.25, -0.2) is 14.6 Å². The van der Waals surface area contributed by atoms with Crippen LogP contribution in [0.5, 0.6) is 0 Å². The molecule has 61 heavy (non-hydrogen) atoms. The summed E-state index contributed by atoms with van der Waals surface area (Å²) in [5.41, 5.74) is 8.29. The number of hydrogen-bond donors (Lipinski definition) is 4. The number of aromatic amines is 1. The maximum atomic E-state index is 14.1. The summed E-state index contributed by atoms with van der Waals surface area (Å²) in [5.74, 6) is 1.62. The zero-order valence-corrected chi connectivity index (χ0v) is 37.4. The fraction of sp³-hybridized carbons (Fsp3) is 0.574. The van der Waals surface area contributed by atoms with Gasteiger partial charge in [0.1, 0.15) is 23.7 Å². The van der Waals surface area contributed by atoms with Crippen LogP contribution in [0.1, 0.15) is 109 Å². The monoisotopic (exact) mass is 836 g/mol. The van der Waals surface area contributed by atoms with Crippen LogP contribution in [0.15, 0.2) is 47.6 Å². The van der Waals surface area contributed by atoms with Crippen molar-refractivity contribution >= 4 is 29.8 Å². The topological polar surface area (TPSA) is 170 Å². The van der Waals surface area contributed by atoms with Crippen molar-refractivity contribution in [1.82, 2.24) is 35.7 Å². The largest absolute Gasteiger partial charge is 0.453 e. The number of benzene rings is 2. The van der Waals surface area contributed by atoms with Gasteiger partial charge in [-0.2, -0.15) is 0 Å². The summed E-state index contributed by atoms with van der Waals surface area (Å²) in [6.45, 7) is 16.7. The molecule has 14 nitrogen and oxygen atoms in total. The van der Waals surface area contributed by atoms with Crippen molar-refractivity contribution in [3.8, 4) is 22.4 Å². The van der Waals surface area contributed by atoms with Gasteiger partial charge in [-0.05, 0) is 97.4 Å². The summed E-state index contributed by atoms with van der Waals surface area (Å²) in [4.78, 5) is 69.6. The number of carbonyl (C=O) groups is 4. The molecule has 2 saturated heterocycles. The van der Waals surface area contributed by atoms with Crippen LogP contribution in [0.2, 0.25) is 0 Å². The number of amidine groups is 1. The minimum atomic E-state index is -0.711. The number of fused-ring (bicyclic) bond motifs is 1. The summed E-state index contributed by atoms with van der Waals surface area (Å²) in [7, 11) is 2.61. The summed E-state index contributed by atoms with van der Waals surface area (Å²) >= 11 is 0. The van der Waals surface area contributed by atoms with Gasteiger partial charge < -0.3 is 40.2 Å². The molecular weight excluding hydrogens is 773 g/mol. The van der Waals surface area contributed by atoms with Crippen LogP contribution in [-0.2, 0) is 31.9 Å². The van der Waals surface area contributed by atoms with Gasteiger partial charge in [0, 0.05) is 17.6 Å². The number of nitrogens with one attached hydrogen (secondary N) is 4. The van der Waals surface area contributed by atoms with Crippen molar-refractivity contribution < 1.29 is 28.7 Å². The zero-order chi connectivity index (χ0) is 43.9. The van der Waals surface area contributed by atoms with Crippen LogP contribution in [0.25, 0.3) is 22.4 Å². The van der Waals surface area contributed by atoms with Crippen LogP contribution in [0.4, 0.5) is 9.59 Å². The first-order valence-electron chi connectivity index (χ1n) is 22.1. The molecule has 9 atom stereocenters. The van der Waals surface area contributed by atoms with E-state index in [1.165, 1.54) is 30.9 Å². The van der Waals surface area contributed by atoms with Crippen LogP contribution in [0.3, 0.4) is 0 Å². The standard InChI is InChI=1S/C47H64N8O6/c1-24(2)40(52-46(58)60-9)44(56)54-28(7)26(5)20-38(54)42-48-22-36(50-42)31-16-14-30(15-17-31)32-18-19-35(34-13-11-12-33(32)34)37-23-49-43(51-37)39-21-27(6)29(8)55(39)45(57)41(25(3)4)53-47(59)61-10/h14-19,23-29,36,38-41H,11-13,20-22H2,1-10H3,(H,48,50)(H,49,51)(H,52,58)(H,53,59)/t26?,27?,28-,29-,36?,38+,39+,40+,41+/m1/s1. The number of hydrogen-bond acceptors (Lipinski definition) is 9. The number of aliphatic imine (C=N–C) groups is 1. The number of rotatable bonds is 11. The molecule has 3 unspecified atom stereocenters. The average molecular weight is 837 g/mol. The van der Waals surface area contributed by atoms with Crippen LogP contribution in [-0.4, -0.2) is 101 Å². The van der Waals surface area contributed by atoms with Crippen molar-refractivity contribution in [2.75, 3.05) is 20.8 Å². The molecule has 14 heteroatoms. The molecule has 4 N–H and O–H groups in total. The minimum Gasteiger partial charge on any atom is -0.453 e. The molecule has 0 bridgehead atoms. The number of methoxy groups -OCH3 is 2. The van der Waals surface area contributed by atoms with Gasteiger partial charge in [0.25, 0.3) is 0 Å². The molecular formula is C47H64N8O6. The Labute approximate surface area is 360 Å². The number of nitrogens with zero attached hydrogens (tertiary/aromatic N) is 4. The number of imidazole rings is 1. The maximum Gasteiger partial charge on any atom is 0.407 e. The quantitative estimate of drug-likeness (QED) is 0.161. The summed E-state index contributed by atoms with van der Waals surface area (Å²) < 4.78 is 9.68. The Morgan fingerprint density at radius 2 is 1.26 bits per heavy atom. The Balaban J connectivity index is 1.06. The Morgan fingerprint density at radius 1 is 0.738 bits per heavy atom. The van der Waals surface area contributed by atoms with E-state index in [1.54, 1.807) is 0 Å². The molecule has 0 radical (unpaired) electrons. The van der Waals surface area contributed by atoms with E-state index in [0.29, 0.717) is 6.54 Å². The highest BCUT2D eigenvalue weighted by Gasteiger charge is 2.47. The third kappa shape index (κ3) is 8.46. The van der Waals surface area contributed by atoms with E-state index in [0.717, 1.165) is 66.1 Å². The molecule has 0 saturated carbocycles. The third-order valence-corrected chi connectivity index (χ3v) is 13.9. The number of aromatic nitrogens is 2. The molecule has 1 aromatic heterocycles. The van der Waals surface area contributed by atoms with Gasteiger partial charge >= 0.3 is 12.2 Å². The highest BCUT2D eigenvalue weighted by Crippen LogP contribution is 2.42. The molecule has 2 fully saturated rings. The predicted octanol–water partition coefficient (Wildman–Crippen LogP) is 6.96. The predicted molar refractivity (Wildman–Crippen MR) is 235 cm³/mol. The van der Waals surface area contributed by atoms with E-state index < -0.39 is 24.3 Å². The molecule has 2 aromatic carbocycles. The maximum absolute atomic E-state index is 14.1. The first-order valence-corrected chi connectivity index (χ1v) is 22.1. The average Bonchev–Trinajstić information content (AvgIpc) is 4.10. The molecule has 328 valence electrons. The summed E-state index contributed by atoms with van der Waals surface area (Å²) in [6.07, 6.45) is 5.27. The van der Waals surface area contributed by atoms with E-state index in [4.69, 9.17) is 19.5 Å². The summed E-state index contributed by atoms with van der Waals surface area (Å²) in [6, 6.07) is 11.3. The Hall–Kier alpha value is -5.40. The van der Waals surface area contributed by atoms with Gasteiger partial charge in [0.15, 0.2) is 0 Å². The van der Waals surface area contributed by atoms with Crippen molar-refractivity contribution in [2.24, 2.45) is 28.7 Å². The van der Waals surface area contributed by atoms with Crippen LogP contribution in [0, 0.1) is 23.7 Å². The molecule has 4 aliphatic rings. The lowest BCUT2D eigenvalue weighted by Crippen LogP contribution is -2.56. The van der Waals surface area contributed by atoms with E-state index in [9.17, 15) is 19.2 Å². The number of H-pyrrole nitrogens is 1. The number of ether oxygens (including phenoxy) is 2. The lowest BCUT2D eigenvalue weighted by molar-refractivity contribution is -0.138. The number of amides is 4. The highest BCUT2D eigenvalue weighted by atomic mass is 16.5. The molecule has 0 spiro atoms. The van der Waals surface area contributed by atoms with Crippen molar-refractivity contribution in [2.45, 2.75) is 130 Å². The molecule has 1 aliphatic carbocycles. The van der Waals surface area contributed by atoms with E-state index >= 15 is 0 Å². The number of alkyl carbamates (subject to hydrolysis) is 2. The minimum absolute atomic E-state index is 0.00808. The Morgan fingerprint density at radius 3 is 1.82 bits per heavy atom. The van der Waals surface area contributed by atoms with Gasteiger partial charge in [-0.15, -0.1) is 0 Å². The SMILES string of the molecule is COC(=O)N[C@H](C(=O)N1[C@H](C)C(C)C[C@H]1C1=NCC(c2ccc(-c3ccc(-c4cnc([C@@H]5CC(C)[C@@H](C)N5C(=O)[C@@H](NC(=O)OC)C(C)C)[nH]4)c4c3CCC4)cc2)N1)C(C)C. The Bertz CT molecular complexity index is 2150. The third-order valence-electron chi connectivity index (χ3n) is 13.9. The van der Waals surface area contributed by atoms with Gasteiger partial charge in [0.05, 0.1) is 50.8 Å². The van der Waals surface area contributed by atoms with Crippen LogP contribution >= 0.6 is 0 Å². The second-order valence-corrected chi connectivity index (χ2v) is 18.3. The molecule has 3 aromatic rings. The van der Waals surface area contributed by atoms with E-state index in [2.05, 4.69) is 85.0 Å². The Kier molecular flexibility index (Phi) is 12.8. The lowest BCUT2D eigenvalue weighted by Gasteiger charge is -2.34. The first kappa shape index (κ1) is 43.7. The van der Waals surface area contributed by atoms with E-state index in [1.807, 2.05) is 43.7 Å². The van der Waals surface area contributed by atoms with Crippen LogP contribution < -0.4 is 16.0 Å². The second-order valence-electron chi connectivity index (χ2n) is 18.3. The van der Waals surface area contributed by atoms with Crippen molar-refractivity contribution in [1.29, 1.82) is 0 Å². The lowest BCUT2D eigenvalue weighted by atomic mass is 9.92. The van der Waals surface area contributed by atoms with Gasteiger partial charge in [-0.3, -0.25) is 14.6 Å². The highest BCUT2D eigenvalue weighted by molar-refractivity contribution is 5.96. The van der Waals surface area contributed by atoms with Gasteiger partial charge in [0.2, 0.25) is 11.8 Å². The first-order chi connectivity index (χ1) is 29.1. The molecule has 3 aliphatic heterocycles. The molecule has 4 heterocycles. The molecule has 7 rings (SSSR count).